The summed E-state index contributed by atoms with van der Waals surface area (Å²) in [7, 11) is 0. The molecule has 75 valence electrons. The van der Waals surface area contributed by atoms with Crippen molar-refractivity contribution >= 4 is 0 Å². The molecule has 1 fully saturated rings. The maximum Gasteiger partial charge on any atom is 0.416 e. The van der Waals surface area contributed by atoms with Gasteiger partial charge in [-0.25, -0.2) is 0 Å². The molecule has 0 saturated heterocycles. The summed E-state index contributed by atoms with van der Waals surface area (Å²) < 4.78 is 42.0. The molecular weight excluding hydrogens is 193 g/mol. The number of halogens is 3. The number of rotatable bonds is 2. The lowest BCUT2D eigenvalue weighted by Gasteiger charge is -2.08. The molecule has 1 aliphatic carbocycles. The smallest absolute Gasteiger partial charge is 0.416 e. The largest absolute Gasteiger partial charge is 0.490 e. The Morgan fingerprint density at radius 2 is 2.07 bits per heavy atom. The van der Waals surface area contributed by atoms with Crippen molar-refractivity contribution in [2.75, 3.05) is 0 Å². The van der Waals surface area contributed by atoms with E-state index in [2.05, 4.69) is 6.07 Å². The molecule has 0 aliphatic heterocycles. The van der Waals surface area contributed by atoms with Gasteiger partial charge in [-0.15, -0.1) is 0 Å². The molecule has 0 unspecified atom stereocenters. The molecule has 1 aromatic rings. The van der Waals surface area contributed by atoms with Crippen molar-refractivity contribution in [2.24, 2.45) is 0 Å². The molecule has 2 rings (SSSR count). The number of hydrogen-bond acceptors (Lipinski definition) is 1. The van der Waals surface area contributed by atoms with E-state index in [-0.39, 0.29) is 11.9 Å². The molecular formula is C10H8F3O. The van der Waals surface area contributed by atoms with Gasteiger partial charge in [0.1, 0.15) is 5.75 Å². The fraction of sp³-hybridized carbons (Fsp3) is 0.400. The third-order valence-electron chi connectivity index (χ3n) is 1.92. The van der Waals surface area contributed by atoms with Crippen LogP contribution in [0.5, 0.6) is 5.75 Å². The highest BCUT2D eigenvalue weighted by Crippen LogP contribution is 2.33. The summed E-state index contributed by atoms with van der Waals surface area (Å²) in [6.07, 6.45) is -2.37. The summed E-state index contributed by atoms with van der Waals surface area (Å²) in [5, 5.41) is 0. The van der Waals surface area contributed by atoms with Crippen molar-refractivity contribution in [2.45, 2.75) is 25.1 Å². The molecule has 1 saturated carbocycles. The van der Waals surface area contributed by atoms with E-state index >= 15 is 0 Å². The molecule has 0 heterocycles. The lowest BCUT2D eigenvalue weighted by molar-refractivity contribution is -0.137. The second kappa shape index (κ2) is 3.19. The van der Waals surface area contributed by atoms with Gasteiger partial charge in [-0.2, -0.15) is 13.2 Å². The quantitative estimate of drug-likeness (QED) is 0.714. The van der Waals surface area contributed by atoms with Crippen LogP contribution in [-0.4, -0.2) is 6.10 Å². The Hall–Kier alpha value is -1.19. The van der Waals surface area contributed by atoms with Gasteiger partial charge in [0.05, 0.1) is 11.7 Å². The molecule has 0 amide bonds. The highest BCUT2D eigenvalue weighted by molar-refractivity contribution is 5.29. The second-order valence-corrected chi connectivity index (χ2v) is 3.26. The normalized spacial score (nSPS) is 16.8. The van der Waals surface area contributed by atoms with Crippen LogP contribution in [-0.2, 0) is 6.18 Å². The molecule has 0 atom stereocenters. The predicted octanol–water partition coefficient (Wildman–Crippen LogP) is 3.05. The zero-order valence-electron chi connectivity index (χ0n) is 7.27. The Labute approximate surface area is 79.5 Å². The lowest BCUT2D eigenvalue weighted by Crippen LogP contribution is -2.05. The van der Waals surface area contributed by atoms with Gasteiger partial charge < -0.3 is 4.74 Å². The molecule has 4 heteroatoms. The van der Waals surface area contributed by atoms with Gasteiger partial charge in [0.15, 0.2) is 0 Å². The first-order chi connectivity index (χ1) is 6.55. The zero-order valence-corrected chi connectivity index (χ0v) is 7.27. The van der Waals surface area contributed by atoms with Crippen LogP contribution in [0.3, 0.4) is 0 Å². The third kappa shape index (κ3) is 2.19. The summed E-state index contributed by atoms with van der Waals surface area (Å²) in [4.78, 5) is 0. The topological polar surface area (TPSA) is 9.23 Å². The first-order valence-electron chi connectivity index (χ1n) is 4.31. The van der Waals surface area contributed by atoms with Crippen molar-refractivity contribution in [1.82, 2.24) is 0 Å². The molecule has 1 aliphatic rings. The Morgan fingerprint density at radius 3 is 2.64 bits per heavy atom. The van der Waals surface area contributed by atoms with Crippen molar-refractivity contribution < 1.29 is 17.9 Å². The zero-order chi connectivity index (χ0) is 10.2. The van der Waals surface area contributed by atoms with Gasteiger partial charge in [0.2, 0.25) is 0 Å². The SMILES string of the molecule is FC(F)(F)c1cc[c]c(OC2CC2)c1. The van der Waals surface area contributed by atoms with E-state index < -0.39 is 11.7 Å². The third-order valence-corrected chi connectivity index (χ3v) is 1.92. The average Bonchev–Trinajstić information content (AvgIpc) is 2.87. The summed E-state index contributed by atoms with van der Waals surface area (Å²) in [6.45, 7) is 0. The van der Waals surface area contributed by atoms with Crippen LogP contribution >= 0.6 is 0 Å². The van der Waals surface area contributed by atoms with Gasteiger partial charge in [-0.05, 0) is 31.0 Å². The van der Waals surface area contributed by atoms with E-state index in [1.807, 2.05) is 0 Å². The summed E-state index contributed by atoms with van der Waals surface area (Å²) in [6, 6.07) is 5.84. The second-order valence-electron chi connectivity index (χ2n) is 3.26. The fourth-order valence-electron chi connectivity index (χ4n) is 1.05. The predicted molar refractivity (Wildman–Crippen MR) is 43.9 cm³/mol. The van der Waals surface area contributed by atoms with Crippen molar-refractivity contribution in [3.8, 4) is 5.75 Å². The Kier molecular flexibility index (Phi) is 2.13. The van der Waals surface area contributed by atoms with E-state index in [4.69, 9.17) is 4.74 Å². The molecule has 1 nitrogen and oxygen atoms in total. The summed E-state index contributed by atoms with van der Waals surface area (Å²) >= 11 is 0. The first-order valence-corrected chi connectivity index (χ1v) is 4.31. The number of alkyl halides is 3. The van der Waals surface area contributed by atoms with Crippen LogP contribution in [0.4, 0.5) is 13.2 Å². The van der Waals surface area contributed by atoms with Crippen LogP contribution < -0.4 is 4.74 Å². The molecule has 1 radical (unpaired) electrons. The highest BCUT2D eigenvalue weighted by atomic mass is 19.4. The van der Waals surface area contributed by atoms with E-state index in [0.717, 1.165) is 25.0 Å². The van der Waals surface area contributed by atoms with Gasteiger partial charge in [-0.3, -0.25) is 0 Å². The Morgan fingerprint density at radius 1 is 1.36 bits per heavy atom. The summed E-state index contributed by atoms with van der Waals surface area (Å²) in [5.74, 6) is 0.183. The Balaban J connectivity index is 2.17. The van der Waals surface area contributed by atoms with Gasteiger partial charge in [0, 0.05) is 6.07 Å². The van der Waals surface area contributed by atoms with E-state index in [0.29, 0.717) is 0 Å². The van der Waals surface area contributed by atoms with Crippen molar-refractivity contribution in [3.63, 3.8) is 0 Å². The molecule has 0 bridgehead atoms. The number of benzene rings is 1. The van der Waals surface area contributed by atoms with Crippen LogP contribution in [0.15, 0.2) is 18.2 Å². The molecule has 1 aromatic carbocycles. The molecule has 0 N–H and O–H groups in total. The van der Waals surface area contributed by atoms with Crippen LogP contribution in [0, 0.1) is 6.07 Å². The van der Waals surface area contributed by atoms with Crippen molar-refractivity contribution in [1.29, 1.82) is 0 Å². The monoisotopic (exact) mass is 201 g/mol. The highest BCUT2D eigenvalue weighted by Gasteiger charge is 2.31. The van der Waals surface area contributed by atoms with E-state index in [9.17, 15) is 13.2 Å². The molecule has 0 aromatic heterocycles. The molecule has 0 spiro atoms. The van der Waals surface area contributed by atoms with Crippen LogP contribution in [0.25, 0.3) is 0 Å². The van der Waals surface area contributed by atoms with Gasteiger partial charge >= 0.3 is 6.18 Å². The fourth-order valence-corrected chi connectivity index (χ4v) is 1.05. The van der Waals surface area contributed by atoms with Crippen LogP contribution in [0.1, 0.15) is 18.4 Å². The minimum atomic E-state index is -4.31. The van der Waals surface area contributed by atoms with E-state index in [1.54, 1.807) is 0 Å². The maximum atomic E-state index is 12.3. The van der Waals surface area contributed by atoms with Crippen molar-refractivity contribution in [3.05, 3.63) is 29.8 Å². The van der Waals surface area contributed by atoms with Gasteiger partial charge in [0.25, 0.3) is 0 Å². The Bertz CT molecular complexity index is 328. The van der Waals surface area contributed by atoms with Crippen LogP contribution in [0.2, 0.25) is 0 Å². The molecule has 14 heavy (non-hydrogen) atoms. The first kappa shape index (κ1) is 9.37. The standard InChI is InChI=1S/C10H8F3O/c11-10(12,13)7-2-1-3-9(6-7)14-8-4-5-8/h1-2,6,8H,4-5H2. The maximum absolute atomic E-state index is 12.3. The minimum Gasteiger partial charge on any atom is -0.490 e. The lowest BCUT2D eigenvalue weighted by atomic mass is 10.2. The average molecular weight is 201 g/mol. The van der Waals surface area contributed by atoms with E-state index in [1.165, 1.54) is 6.07 Å². The summed E-state index contributed by atoms with van der Waals surface area (Å²) in [5.41, 5.74) is -0.688. The number of ether oxygens (including phenoxy) is 1. The van der Waals surface area contributed by atoms with Gasteiger partial charge in [-0.1, -0.05) is 0 Å². The number of hydrogen-bond donors (Lipinski definition) is 0. The minimum absolute atomic E-state index is 0.0923.